The summed E-state index contributed by atoms with van der Waals surface area (Å²) in [6.45, 7) is 0.751. The maximum Gasteiger partial charge on any atom is 0.171 e. The van der Waals surface area contributed by atoms with Crippen molar-refractivity contribution in [2.24, 2.45) is 0 Å². The van der Waals surface area contributed by atoms with Crippen LogP contribution in [0.5, 0.6) is 0 Å². The van der Waals surface area contributed by atoms with Crippen LogP contribution in [0.25, 0.3) is 16.4 Å². The van der Waals surface area contributed by atoms with Gasteiger partial charge in [-0.25, -0.2) is 14.6 Å². The second-order valence-corrected chi connectivity index (χ2v) is 6.34. The minimum Gasteiger partial charge on any atom is -0.368 e. The molecule has 4 rings (SSSR count). The topological polar surface area (TPSA) is 68.5 Å². The van der Waals surface area contributed by atoms with Crippen molar-refractivity contribution in [3.63, 3.8) is 0 Å². The van der Waals surface area contributed by atoms with Gasteiger partial charge in [0.15, 0.2) is 11.6 Å². The van der Waals surface area contributed by atoms with E-state index in [2.05, 4.69) is 26.4 Å². The Morgan fingerprint density at radius 3 is 2.84 bits per heavy atom. The van der Waals surface area contributed by atoms with E-state index in [1.54, 1.807) is 28.4 Å². The first-order chi connectivity index (χ1) is 12.4. The molecule has 4 heterocycles. The molecule has 1 N–H and O–H groups in total. The SMILES string of the molecule is c1cncc(CCNc2nc(-c3cccs3)ncc2-n2cccn2)c1. The van der Waals surface area contributed by atoms with E-state index in [9.17, 15) is 0 Å². The highest BCUT2D eigenvalue weighted by Crippen LogP contribution is 2.25. The van der Waals surface area contributed by atoms with Crippen molar-refractivity contribution in [2.45, 2.75) is 6.42 Å². The van der Waals surface area contributed by atoms with Crippen LogP contribution >= 0.6 is 11.3 Å². The third-order valence-electron chi connectivity index (χ3n) is 3.69. The fourth-order valence-corrected chi connectivity index (χ4v) is 3.14. The molecule has 124 valence electrons. The number of pyridine rings is 1. The van der Waals surface area contributed by atoms with Crippen LogP contribution in [0.4, 0.5) is 5.82 Å². The van der Waals surface area contributed by atoms with Crippen LogP contribution in [-0.2, 0) is 6.42 Å². The van der Waals surface area contributed by atoms with Gasteiger partial charge in [0.05, 0.1) is 11.1 Å². The first-order valence-corrected chi connectivity index (χ1v) is 8.82. The highest BCUT2D eigenvalue weighted by atomic mass is 32.1. The Morgan fingerprint density at radius 2 is 2.08 bits per heavy atom. The maximum absolute atomic E-state index is 4.71. The lowest BCUT2D eigenvalue weighted by Crippen LogP contribution is -2.11. The molecule has 7 heteroatoms. The minimum absolute atomic E-state index is 0.717. The Balaban J connectivity index is 1.59. The van der Waals surface area contributed by atoms with Gasteiger partial charge in [0.1, 0.15) is 5.69 Å². The molecule has 0 saturated heterocycles. The monoisotopic (exact) mass is 348 g/mol. The first kappa shape index (κ1) is 15.5. The first-order valence-electron chi connectivity index (χ1n) is 7.94. The Morgan fingerprint density at radius 1 is 1.08 bits per heavy atom. The quantitative estimate of drug-likeness (QED) is 0.578. The standard InChI is InChI=1S/C18H16N6S/c1-4-14(12-19-7-1)6-9-20-17-15(24-10-3-8-22-24)13-21-18(23-17)16-5-2-11-25-16/h1-5,7-8,10-13H,6,9H2,(H,20,21,23). The zero-order valence-electron chi connectivity index (χ0n) is 13.4. The Labute approximate surface area is 149 Å². The molecule has 25 heavy (non-hydrogen) atoms. The number of thiophene rings is 1. The molecule has 0 radical (unpaired) electrons. The van der Waals surface area contributed by atoms with E-state index in [0.29, 0.717) is 0 Å². The predicted molar refractivity (Wildman–Crippen MR) is 98.9 cm³/mol. The third-order valence-corrected chi connectivity index (χ3v) is 4.56. The van der Waals surface area contributed by atoms with Gasteiger partial charge in [-0.3, -0.25) is 4.98 Å². The van der Waals surface area contributed by atoms with Crippen LogP contribution in [0.3, 0.4) is 0 Å². The van der Waals surface area contributed by atoms with Crippen molar-refractivity contribution in [1.82, 2.24) is 24.7 Å². The zero-order valence-corrected chi connectivity index (χ0v) is 14.2. The van der Waals surface area contributed by atoms with Gasteiger partial charge < -0.3 is 5.32 Å². The van der Waals surface area contributed by atoms with Crippen molar-refractivity contribution >= 4 is 17.2 Å². The van der Waals surface area contributed by atoms with Gasteiger partial charge >= 0.3 is 0 Å². The Hall–Kier alpha value is -3.06. The fraction of sp³-hybridized carbons (Fsp3) is 0.111. The van der Waals surface area contributed by atoms with E-state index in [4.69, 9.17) is 4.98 Å². The fourth-order valence-electron chi connectivity index (χ4n) is 2.48. The van der Waals surface area contributed by atoms with Gasteiger partial charge in [-0.05, 0) is 35.6 Å². The van der Waals surface area contributed by atoms with Crippen LogP contribution in [0.2, 0.25) is 0 Å². The molecule has 0 bridgehead atoms. The van der Waals surface area contributed by atoms with Gasteiger partial charge in [-0.2, -0.15) is 5.10 Å². The van der Waals surface area contributed by atoms with Crippen LogP contribution in [0.1, 0.15) is 5.56 Å². The summed E-state index contributed by atoms with van der Waals surface area (Å²) < 4.78 is 1.77. The van der Waals surface area contributed by atoms with E-state index >= 15 is 0 Å². The van der Waals surface area contributed by atoms with Crippen molar-refractivity contribution in [1.29, 1.82) is 0 Å². The van der Waals surface area contributed by atoms with Gasteiger partial charge in [0.25, 0.3) is 0 Å². The summed E-state index contributed by atoms with van der Waals surface area (Å²) in [6, 6.07) is 9.92. The van der Waals surface area contributed by atoms with Crippen LogP contribution in [0.15, 0.2) is 66.7 Å². The smallest absolute Gasteiger partial charge is 0.171 e. The van der Waals surface area contributed by atoms with Crippen molar-refractivity contribution in [3.05, 3.63) is 72.3 Å². The number of nitrogens with one attached hydrogen (secondary N) is 1. The highest BCUT2D eigenvalue weighted by Gasteiger charge is 2.11. The number of rotatable bonds is 6. The zero-order chi connectivity index (χ0) is 16.9. The molecule has 6 nitrogen and oxygen atoms in total. The molecule has 0 aliphatic rings. The molecule has 0 saturated carbocycles. The number of aromatic nitrogens is 5. The largest absolute Gasteiger partial charge is 0.368 e. The third kappa shape index (κ3) is 3.56. The van der Waals surface area contributed by atoms with Crippen LogP contribution in [-0.4, -0.2) is 31.3 Å². The summed E-state index contributed by atoms with van der Waals surface area (Å²) >= 11 is 1.63. The molecule has 0 aliphatic carbocycles. The number of hydrogen-bond acceptors (Lipinski definition) is 6. The van der Waals surface area contributed by atoms with Crippen molar-refractivity contribution < 1.29 is 0 Å². The van der Waals surface area contributed by atoms with E-state index in [-0.39, 0.29) is 0 Å². The molecule has 0 fully saturated rings. The normalized spacial score (nSPS) is 10.7. The lowest BCUT2D eigenvalue weighted by molar-refractivity contribution is 0.861. The molecular formula is C18H16N6S. The van der Waals surface area contributed by atoms with Crippen molar-refractivity contribution in [2.75, 3.05) is 11.9 Å². The molecule has 0 amide bonds. The van der Waals surface area contributed by atoms with Gasteiger partial charge in [0.2, 0.25) is 0 Å². The average Bonchev–Trinajstić information content (AvgIpc) is 3.37. The molecule has 4 aromatic rings. The van der Waals surface area contributed by atoms with Crippen LogP contribution < -0.4 is 5.32 Å². The molecule has 0 spiro atoms. The second kappa shape index (κ2) is 7.23. The second-order valence-electron chi connectivity index (χ2n) is 5.39. The molecular weight excluding hydrogens is 332 g/mol. The maximum atomic E-state index is 4.71. The van der Waals surface area contributed by atoms with Crippen molar-refractivity contribution in [3.8, 4) is 16.4 Å². The summed E-state index contributed by atoms with van der Waals surface area (Å²) in [5.74, 6) is 1.49. The Kier molecular flexibility index (Phi) is 4.47. The molecule has 4 aromatic heterocycles. The number of hydrogen-bond donors (Lipinski definition) is 1. The van der Waals surface area contributed by atoms with Gasteiger partial charge in [-0.1, -0.05) is 12.1 Å². The van der Waals surface area contributed by atoms with E-state index in [0.717, 1.165) is 35.2 Å². The lowest BCUT2D eigenvalue weighted by Gasteiger charge is -2.12. The van der Waals surface area contributed by atoms with E-state index in [1.807, 2.05) is 48.2 Å². The number of nitrogens with zero attached hydrogens (tertiary/aromatic N) is 5. The minimum atomic E-state index is 0.717. The lowest BCUT2D eigenvalue weighted by atomic mass is 10.2. The van der Waals surface area contributed by atoms with E-state index < -0.39 is 0 Å². The molecule has 0 aliphatic heterocycles. The predicted octanol–water partition coefficient (Wildman–Crippen LogP) is 3.44. The average molecular weight is 348 g/mol. The summed E-state index contributed by atoms with van der Waals surface area (Å²) in [5, 5.41) is 9.74. The molecule has 0 unspecified atom stereocenters. The highest BCUT2D eigenvalue weighted by molar-refractivity contribution is 7.13. The molecule has 0 aromatic carbocycles. The summed E-state index contributed by atoms with van der Waals surface area (Å²) in [4.78, 5) is 14.4. The molecule has 0 atom stereocenters. The Bertz CT molecular complexity index is 920. The van der Waals surface area contributed by atoms with Crippen LogP contribution in [0, 0.1) is 0 Å². The summed E-state index contributed by atoms with van der Waals surface area (Å²) in [6.07, 6.45) is 9.96. The van der Waals surface area contributed by atoms with E-state index in [1.165, 1.54) is 5.56 Å². The van der Waals surface area contributed by atoms with Gasteiger partial charge in [-0.15, -0.1) is 11.3 Å². The van der Waals surface area contributed by atoms with Gasteiger partial charge in [0, 0.05) is 31.3 Å². The summed E-state index contributed by atoms with van der Waals surface area (Å²) in [5.41, 5.74) is 2.01. The summed E-state index contributed by atoms with van der Waals surface area (Å²) in [7, 11) is 0. The number of anilines is 1.